The summed E-state index contributed by atoms with van der Waals surface area (Å²) in [6, 6.07) is 3.74. The Hall–Kier alpha value is -2.19. The molecule has 8 nitrogen and oxygen atoms in total. The summed E-state index contributed by atoms with van der Waals surface area (Å²) in [5, 5.41) is 21.9. The predicted molar refractivity (Wildman–Crippen MR) is 68.5 cm³/mol. The molecule has 1 rings (SSSR count). The molecule has 2 N–H and O–H groups in total. The number of nitro groups is 1. The van der Waals surface area contributed by atoms with E-state index in [-0.39, 0.29) is 10.6 Å². The fourth-order valence-electron chi connectivity index (χ4n) is 1.34. The molecule has 0 aliphatic carbocycles. The average Bonchev–Trinajstić information content (AvgIpc) is 2.43. The summed E-state index contributed by atoms with van der Waals surface area (Å²) in [6.45, 7) is -0.398. The van der Waals surface area contributed by atoms with Crippen molar-refractivity contribution in [1.29, 1.82) is 0 Å². The van der Waals surface area contributed by atoms with Gasteiger partial charge >= 0.3 is 5.97 Å². The zero-order valence-electron chi connectivity index (χ0n) is 10.3. The Morgan fingerprint density at radius 3 is 2.75 bits per heavy atom. The summed E-state index contributed by atoms with van der Waals surface area (Å²) in [5.74, 6) is -1.66. The summed E-state index contributed by atoms with van der Waals surface area (Å²) in [4.78, 5) is 32.7. The van der Waals surface area contributed by atoms with Crippen molar-refractivity contribution in [2.45, 2.75) is 6.10 Å². The van der Waals surface area contributed by atoms with E-state index >= 15 is 0 Å². The second kappa shape index (κ2) is 6.83. The van der Waals surface area contributed by atoms with Gasteiger partial charge in [-0.25, -0.2) is 4.79 Å². The molecule has 0 heterocycles. The van der Waals surface area contributed by atoms with Gasteiger partial charge in [0.1, 0.15) is 5.02 Å². The van der Waals surface area contributed by atoms with E-state index in [2.05, 4.69) is 10.1 Å². The first-order valence-electron chi connectivity index (χ1n) is 5.35. The van der Waals surface area contributed by atoms with E-state index in [1.54, 1.807) is 0 Å². The lowest BCUT2D eigenvalue weighted by Gasteiger charge is -2.10. The fourth-order valence-corrected chi connectivity index (χ4v) is 1.62. The molecule has 1 unspecified atom stereocenters. The normalized spacial score (nSPS) is 11.6. The fraction of sp³-hybridized carbons (Fsp3) is 0.273. The van der Waals surface area contributed by atoms with Gasteiger partial charge in [0.25, 0.3) is 11.6 Å². The van der Waals surface area contributed by atoms with Crippen LogP contribution in [0.3, 0.4) is 0 Å². The van der Waals surface area contributed by atoms with Crippen LogP contribution >= 0.6 is 11.6 Å². The van der Waals surface area contributed by atoms with E-state index in [9.17, 15) is 24.8 Å². The number of rotatable bonds is 5. The number of aliphatic hydroxyl groups is 1. The summed E-state index contributed by atoms with van der Waals surface area (Å²) < 4.78 is 4.27. The van der Waals surface area contributed by atoms with E-state index in [4.69, 9.17) is 11.6 Å². The highest BCUT2D eigenvalue weighted by Gasteiger charge is 2.21. The topological polar surface area (TPSA) is 119 Å². The maximum atomic E-state index is 11.8. The van der Waals surface area contributed by atoms with Crippen molar-refractivity contribution in [1.82, 2.24) is 5.32 Å². The number of benzene rings is 1. The number of hydrogen-bond acceptors (Lipinski definition) is 6. The quantitative estimate of drug-likeness (QED) is 0.465. The largest absolute Gasteiger partial charge is 0.467 e. The van der Waals surface area contributed by atoms with Gasteiger partial charge in [0.15, 0.2) is 6.10 Å². The molecular weight excluding hydrogens is 292 g/mol. The van der Waals surface area contributed by atoms with Crippen LogP contribution in [0.4, 0.5) is 5.69 Å². The third-order valence-electron chi connectivity index (χ3n) is 2.35. The Kier molecular flexibility index (Phi) is 5.42. The number of carbonyl (C=O) groups excluding carboxylic acids is 2. The molecule has 1 amide bonds. The second-order valence-corrected chi connectivity index (χ2v) is 4.02. The lowest BCUT2D eigenvalue weighted by Crippen LogP contribution is -2.37. The minimum absolute atomic E-state index is 0.127. The van der Waals surface area contributed by atoms with Gasteiger partial charge in [-0.1, -0.05) is 17.7 Å². The Bertz CT molecular complexity index is 548. The molecule has 1 aromatic rings. The molecule has 0 fully saturated rings. The molecule has 1 aromatic carbocycles. The van der Waals surface area contributed by atoms with E-state index in [1.807, 2.05) is 0 Å². The van der Waals surface area contributed by atoms with Crippen LogP contribution in [-0.4, -0.2) is 41.7 Å². The van der Waals surface area contributed by atoms with Crippen molar-refractivity contribution in [2.75, 3.05) is 13.7 Å². The van der Waals surface area contributed by atoms with Gasteiger partial charge in [-0.2, -0.15) is 0 Å². The van der Waals surface area contributed by atoms with Crippen molar-refractivity contribution in [3.8, 4) is 0 Å². The number of aliphatic hydroxyl groups excluding tert-OH is 1. The number of nitro benzene ring substituents is 1. The van der Waals surface area contributed by atoms with Crippen molar-refractivity contribution in [2.24, 2.45) is 0 Å². The summed E-state index contributed by atoms with van der Waals surface area (Å²) in [6.07, 6.45) is -1.53. The van der Waals surface area contributed by atoms with Crippen LogP contribution in [0.15, 0.2) is 18.2 Å². The van der Waals surface area contributed by atoms with Gasteiger partial charge < -0.3 is 15.2 Å². The number of amides is 1. The lowest BCUT2D eigenvalue weighted by molar-refractivity contribution is -0.384. The number of methoxy groups -OCH3 is 1. The molecule has 20 heavy (non-hydrogen) atoms. The van der Waals surface area contributed by atoms with Crippen molar-refractivity contribution in [3.63, 3.8) is 0 Å². The van der Waals surface area contributed by atoms with Crippen LogP contribution in [-0.2, 0) is 9.53 Å². The van der Waals surface area contributed by atoms with E-state index < -0.39 is 35.1 Å². The van der Waals surface area contributed by atoms with E-state index in [1.165, 1.54) is 12.1 Å². The number of nitrogens with one attached hydrogen (secondary N) is 1. The number of nitrogens with zero attached hydrogens (tertiary/aromatic N) is 1. The highest BCUT2D eigenvalue weighted by atomic mass is 35.5. The maximum absolute atomic E-state index is 11.8. The van der Waals surface area contributed by atoms with Crippen molar-refractivity contribution in [3.05, 3.63) is 38.9 Å². The number of esters is 1. The highest BCUT2D eigenvalue weighted by molar-refractivity contribution is 6.35. The van der Waals surface area contributed by atoms with Crippen LogP contribution in [0.2, 0.25) is 5.02 Å². The molecule has 108 valence electrons. The lowest BCUT2D eigenvalue weighted by atomic mass is 10.2. The van der Waals surface area contributed by atoms with Gasteiger partial charge in [0.2, 0.25) is 0 Å². The predicted octanol–water partition coefficient (Wildman–Crippen LogP) is 0.512. The van der Waals surface area contributed by atoms with Gasteiger partial charge in [0.05, 0.1) is 24.1 Å². The molecular formula is C11H11ClN2O6. The minimum atomic E-state index is -1.53. The Balaban J connectivity index is 2.81. The molecule has 9 heteroatoms. The maximum Gasteiger partial charge on any atom is 0.336 e. The summed E-state index contributed by atoms with van der Waals surface area (Å²) in [7, 11) is 1.09. The number of halogens is 1. The van der Waals surface area contributed by atoms with E-state index in [0.29, 0.717) is 0 Å². The first-order chi connectivity index (χ1) is 9.38. The molecule has 0 aromatic heterocycles. The molecule has 0 aliphatic rings. The first kappa shape index (κ1) is 15.9. The van der Waals surface area contributed by atoms with Gasteiger partial charge in [-0.15, -0.1) is 0 Å². The highest BCUT2D eigenvalue weighted by Crippen LogP contribution is 2.27. The minimum Gasteiger partial charge on any atom is -0.467 e. The molecule has 1 atom stereocenters. The first-order valence-corrected chi connectivity index (χ1v) is 5.73. The van der Waals surface area contributed by atoms with Gasteiger partial charge in [-0.05, 0) is 6.07 Å². The van der Waals surface area contributed by atoms with Crippen LogP contribution in [0.1, 0.15) is 10.4 Å². The Morgan fingerprint density at radius 1 is 1.55 bits per heavy atom. The molecule has 0 radical (unpaired) electrons. The van der Waals surface area contributed by atoms with Crippen LogP contribution < -0.4 is 5.32 Å². The van der Waals surface area contributed by atoms with E-state index in [0.717, 1.165) is 13.2 Å². The standard InChI is InChI=1S/C11H11ClN2O6/c1-20-11(17)8(15)5-13-10(16)6-3-2-4-7(9(6)12)14(18)19/h2-4,8,15H,5H2,1H3,(H,13,16). The molecule has 0 saturated carbocycles. The smallest absolute Gasteiger partial charge is 0.336 e. The average molecular weight is 303 g/mol. The molecule has 0 aliphatic heterocycles. The van der Waals surface area contributed by atoms with Crippen molar-refractivity contribution < 1.29 is 24.4 Å². The molecule has 0 saturated heterocycles. The molecule has 0 bridgehead atoms. The summed E-state index contributed by atoms with van der Waals surface area (Å²) in [5.41, 5.74) is -0.536. The monoisotopic (exact) mass is 302 g/mol. The number of ether oxygens (including phenoxy) is 1. The number of hydrogen-bond donors (Lipinski definition) is 2. The third-order valence-corrected chi connectivity index (χ3v) is 2.75. The van der Waals surface area contributed by atoms with Gasteiger partial charge in [-0.3, -0.25) is 14.9 Å². The van der Waals surface area contributed by atoms with Crippen LogP contribution in [0, 0.1) is 10.1 Å². The third kappa shape index (κ3) is 3.65. The van der Waals surface area contributed by atoms with Crippen molar-refractivity contribution >= 4 is 29.2 Å². The number of carbonyl (C=O) groups is 2. The Labute approximate surface area is 118 Å². The zero-order valence-corrected chi connectivity index (χ0v) is 11.1. The second-order valence-electron chi connectivity index (χ2n) is 3.64. The zero-order chi connectivity index (χ0) is 15.3. The molecule has 0 spiro atoms. The Morgan fingerprint density at radius 2 is 2.20 bits per heavy atom. The SMILES string of the molecule is COC(=O)C(O)CNC(=O)c1cccc([N+](=O)[O-])c1Cl. The summed E-state index contributed by atoms with van der Waals surface area (Å²) >= 11 is 5.75. The van der Waals surface area contributed by atoms with Gasteiger partial charge in [0, 0.05) is 6.07 Å². The van der Waals surface area contributed by atoms with Crippen LogP contribution in [0.5, 0.6) is 0 Å². The van der Waals surface area contributed by atoms with Crippen LogP contribution in [0.25, 0.3) is 0 Å².